The van der Waals surface area contributed by atoms with Gasteiger partial charge in [-0.25, -0.2) is 0 Å². The topological polar surface area (TPSA) is 103 Å². The van der Waals surface area contributed by atoms with Gasteiger partial charge in [-0.15, -0.1) is 0 Å². The van der Waals surface area contributed by atoms with Crippen LogP contribution in [0.15, 0.2) is 12.3 Å². The van der Waals surface area contributed by atoms with Gasteiger partial charge in [-0.1, -0.05) is 19.3 Å². The van der Waals surface area contributed by atoms with Crippen molar-refractivity contribution in [1.29, 1.82) is 0 Å². The zero-order valence-electron chi connectivity index (χ0n) is 12.5. The standard InChI is InChI=1S/C15H24N4O2/c1-19-9-11(14(17)20)7-13(19)15(21)18-12(8-16)10-5-3-2-4-6-10/h7,9-10,12H,2-6,8,16H2,1H3,(H2,17,20)(H,18,21). The summed E-state index contributed by atoms with van der Waals surface area (Å²) in [6, 6.07) is 1.51. The second kappa shape index (κ2) is 6.76. The van der Waals surface area contributed by atoms with Crippen molar-refractivity contribution < 1.29 is 9.59 Å². The van der Waals surface area contributed by atoms with Crippen molar-refractivity contribution in [3.8, 4) is 0 Å². The molecule has 0 bridgehead atoms. The molecule has 1 aromatic heterocycles. The molecule has 21 heavy (non-hydrogen) atoms. The van der Waals surface area contributed by atoms with Crippen LogP contribution in [-0.2, 0) is 7.05 Å². The van der Waals surface area contributed by atoms with E-state index in [4.69, 9.17) is 11.5 Å². The molecule has 2 amide bonds. The van der Waals surface area contributed by atoms with Gasteiger partial charge in [-0.3, -0.25) is 9.59 Å². The molecule has 5 N–H and O–H groups in total. The number of primary amides is 1. The molecule has 1 aliphatic rings. The maximum Gasteiger partial charge on any atom is 0.268 e. The number of nitrogens with two attached hydrogens (primary N) is 2. The highest BCUT2D eigenvalue weighted by molar-refractivity contribution is 5.98. The van der Waals surface area contributed by atoms with E-state index in [1.807, 2.05) is 0 Å². The highest BCUT2D eigenvalue weighted by Crippen LogP contribution is 2.26. The minimum atomic E-state index is -0.535. The summed E-state index contributed by atoms with van der Waals surface area (Å²) in [5, 5.41) is 3.01. The SMILES string of the molecule is Cn1cc(C(N)=O)cc1C(=O)NC(CN)C1CCCCC1. The Bertz CT molecular complexity index is 518. The van der Waals surface area contributed by atoms with Gasteiger partial charge in [0.1, 0.15) is 5.69 Å². The Hall–Kier alpha value is -1.82. The molecule has 1 atom stereocenters. The van der Waals surface area contributed by atoms with Gasteiger partial charge in [0.05, 0.1) is 5.56 Å². The number of hydrogen-bond donors (Lipinski definition) is 3. The van der Waals surface area contributed by atoms with Crippen LogP contribution in [0.1, 0.15) is 53.0 Å². The number of carbonyl (C=O) groups is 2. The molecule has 116 valence electrons. The number of aromatic nitrogens is 1. The zero-order chi connectivity index (χ0) is 15.4. The number of carbonyl (C=O) groups excluding carboxylic acids is 2. The molecule has 6 heteroatoms. The van der Waals surface area contributed by atoms with E-state index < -0.39 is 5.91 Å². The van der Waals surface area contributed by atoms with Gasteiger partial charge in [0.2, 0.25) is 5.91 Å². The number of nitrogens with zero attached hydrogens (tertiary/aromatic N) is 1. The van der Waals surface area contributed by atoms with E-state index in [0.29, 0.717) is 23.7 Å². The number of aryl methyl sites for hydroxylation is 1. The Morgan fingerprint density at radius 1 is 1.38 bits per heavy atom. The average Bonchev–Trinajstić information content (AvgIpc) is 2.88. The fourth-order valence-electron chi connectivity index (χ4n) is 3.07. The molecule has 0 aliphatic heterocycles. The predicted octanol–water partition coefficient (Wildman–Crippen LogP) is 0.761. The summed E-state index contributed by atoms with van der Waals surface area (Å²) in [5.41, 5.74) is 11.8. The largest absolute Gasteiger partial charge is 0.366 e. The molecule has 1 aliphatic carbocycles. The van der Waals surface area contributed by atoms with Crippen LogP contribution in [0.25, 0.3) is 0 Å². The Labute approximate surface area is 124 Å². The molecule has 0 saturated heterocycles. The summed E-state index contributed by atoms with van der Waals surface area (Å²) >= 11 is 0. The van der Waals surface area contributed by atoms with Crippen LogP contribution in [-0.4, -0.2) is 29.0 Å². The lowest BCUT2D eigenvalue weighted by Gasteiger charge is -2.30. The molecular weight excluding hydrogens is 268 g/mol. The van der Waals surface area contributed by atoms with Gasteiger partial charge in [0.25, 0.3) is 5.91 Å². The third-order valence-electron chi connectivity index (χ3n) is 4.31. The summed E-state index contributed by atoms with van der Waals surface area (Å²) in [7, 11) is 1.72. The van der Waals surface area contributed by atoms with E-state index in [2.05, 4.69) is 5.32 Å². The van der Waals surface area contributed by atoms with Crippen LogP contribution in [0, 0.1) is 5.92 Å². The minimum Gasteiger partial charge on any atom is -0.366 e. The van der Waals surface area contributed by atoms with Crippen molar-refractivity contribution in [2.24, 2.45) is 24.4 Å². The molecule has 1 fully saturated rings. The Morgan fingerprint density at radius 2 is 2.05 bits per heavy atom. The summed E-state index contributed by atoms with van der Waals surface area (Å²) in [4.78, 5) is 23.5. The van der Waals surface area contributed by atoms with Crippen molar-refractivity contribution in [1.82, 2.24) is 9.88 Å². The monoisotopic (exact) mass is 292 g/mol. The molecule has 0 radical (unpaired) electrons. The maximum absolute atomic E-state index is 12.4. The van der Waals surface area contributed by atoms with E-state index in [0.717, 1.165) is 12.8 Å². The Balaban J connectivity index is 2.06. The second-order valence-corrected chi connectivity index (χ2v) is 5.80. The highest BCUT2D eigenvalue weighted by Gasteiger charge is 2.25. The molecule has 1 heterocycles. The van der Waals surface area contributed by atoms with Crippen LogP contribution < -0.4 is 16.8 Å². The highest BCUT2D eigenvalue weighted by atomic mass is 16.2. The van der Waals surface area contributed by atoms with Crippen molar-refractivity contribution >= 4 is 11.8 Å². The van der Waals surface area contributed by atoms with Gasteiger partial charge in [0.15, 0.2) is 0 Å². The van der Waals surface area contributed by atoms with Crippen LogP contribution >= 0.6 is 0 Å². The van der Waals surface area contributed by atoms with Crippen LogP contribution in [0.4, 0.5) is 0 Å². The van der Waals surface area contributed by atoms with Crippen molar-refractivity contribution in [2.75, 3.05) is 6.54 Å². The first kappa shape index (κ1) is 15.6. The smallest absolute Gasteiger partial charge is 0.268 e. The number of rotatable bonds is 5. The summed E-state index contributed by atoms with van der Waals surface area (Å²) < 4.78 is 1.61. The first-order chi connectivity index (χ1) is 10.0. The lowest BCUT2D eigenvalue weighted by Crippen LogP contribution is -2.46. The molecule has 1 aromatic rings. The first-order valence-corrected chi connectivity index (χ1v) is 7.50. The maximum atomic E-state index is 12.4. The molecule has 1 unspecified atom stereocenters. The van der Waals surface area contributed by atoms with Gasteiger partial charge >= 0.3 is 0 Å². The zero-order valence-corrected chi connectivity index (χ0v) is 12.5. The van der Waals surface area contributed by atoms with Gasteiger partial charge in [0, 0.05) is 25.8 Å². The van der Waals surface area contributed by atoms with Gasteiger partial charge in [-0.2, -0.15) is 0 Å². The van der Waals surface area contributed by atoms with E-state index in [1.165, 1.54) is 25.3 Å². The molecule has 0 spiro atoms. The number of amides is 2. The van der Waals surface area contributed by atoms with Crippen molar-refractivity contribution in [2.45, 2.75) is 38.1 Å². The van der Waals surface area contributed by atoms with E-state index in [-0.39, 0.29) is 11.9 Å². The molecule has 0 aromatic carbocycles. The lowest BCUT2D eigenvalue weighted by atomic mass is 9.84. The fourth-order valence-corrected chi connectivity index (χ4v) is 3.07. The Morgan fingerprint density at radius 3 is 2.57 bits per heavy atom. The molecule has 2 rings (SSSR count). The van der Waals surface area contributed by atoms with Crippen LogP contribution in [0.3, 0.4) is 0 Å². The minimum absolute atomic E-state index is 0.00951. The second-order valence-electron chi connectivity index (χ2n) is 5.80. The fraction of sp³-hybridized carbons (Fsp3) is 0.600. The summed E-state index contributed by atoms with van der Waals surface area (Å²) in [6.45, 7) is 0.434. The van der Waals surface area contributed by atoms with E-state index in [1.54, 1.807) is 17.8 Å². The Kier molecular flexibility index (Phi) is 5.01. The van der Waals surface area contributed by atoms with Crippen LogP contribution in [0.2, 0.25) is 0 Å². The third kappa shape index (κ3) is 3.64. The quantitative estimate of drug-likeness (QED) is 0.746. The van der Waals surface area contributed by atoms with Gasteiger partial charge < -0.3 is 21.4 Å². The van der Waals surface area contributed by atoms with Crippen LogP contribution in [0.5, 0.6) is 0 Å². The van der Waals surface area contributed by atoms with E-state index in [9.17, 15) is 9.59 Å². The molecule has 1 saturated carbocycles. The normalized spacial score (nSPS) is 17.4. The third-order valence-corrected chi connectivity index (χ3v) is 4.31. The van der Waals surface area contributed by atoms with Crippen molar-refractivity contribution in [3.63, 3.8) is 0 Å². The molecular formula is C15H24N4O2. The average molecular weight is 292 g/mol. The summed E-state index contributed by atoms with van der Waals surface area (Å²) in [5.74, 6) is -0.290. The predicted molar refractivity (Wildman–Crippen MR) is 80.8 cm³/mol. The summed E-state index contributed by atoms with van der Waals surface area (Å²) in [6.07, 6.45) is 7.46. The lowest BCUT2D eigenvalue weighted by molar-refractivity contribution is 0.0907. The first-order valence-electron chi connectivity index (χ1n) is 7.50. The molecule has 6 nitrogen and oxygen atoms in total. The van der Waals surface area contributed by atoms with Gasteiger partial charge in [-0.05, 0) is 24.8 Å². The number of hydrogen-bond acceptors (Lipinski definition) is 3. The van der Waals surface area contributed by atoms with E-state index >= 15 is 0 Å². The number of nitrogens with one attached hydrogen (secondary N) is 1. The van der Waals surface area contributed by atoms with Crippen molar-refractivity contribution in [3.05, 3.63) is 23.5 Å².